The number of carbonyl (C=O) groups excluding carboxylic acids is 2. The maximum Gasteiger partial charge on any atom is 0.253 e. The van der Waals surface area contributed by atoms with Crippen LogP contribution in [0.3, 0.4) is 0 Å². The van der Waals surface area contributed by atoms with Crippen molar-refractivity contribution in [2.75, 3.05) is 11.9 Å². The Labute approximate surface area is 147 Å². The molecule has 0 radical (unpaired) electrons. The van der Waals surface area contributed by atoms with Gasteiger partial charge in [-0.25, -0.2) is 0 Å². The van der Waals surface area contributed by atoms with Crippen LogP contribution >= 0.6 is 23.2 Å². The van der Waals surface area contributed by atoms with Crippen molar-refractivity contribution in [3.05, 3.63) is 58.2 Å². The molecule has 2 amide bonds. The molecule has 3 aromatic rings. The largest absolute Gasteiger partial charge is 0.343 e. The summed E-state index contributed by atoms with van der Waals surface area (Å²) in [5.74, 6) is -0.817. The predicted octanol–water partition coefficient (Wildman–Crippen LogP) is 3.24. The molecule has 0 saturated carbocycles. The van der Waals surface area contributed by atoms with Crippen molar-refractivity contribution >= 4 is 51.6 Å². The highest BCUT2D eigenvalue weighted by Gasteiger charge is 2.13. The molecule has 1 aromatic heterocycles. The molecule has 3 N–H and O–H groups in total. The number of halogens is 2. The van der Waals surface area contributed by atoms with Crippen LogP contribution in [0.25, 0.3) is 10.9 Å². The summed E-state index contributed by atoms with van der Waals surface area (Å²) in [6.07, 6.45) is 1.66. The van der Waals surface area contributed by atoms with Crippen LogP contribution in [-0.4, -0.2) is 28.6 Å². The van der Waals surface area contributed by atoms with Gasteiger partial charge >= 0.3 is 0 Å². The quantitative estimate of drug-likeness (QED) is 0.665. The maximum absolute atomic E-state index is 12.1. The minimum atomic E-state index is -0.452. The van der Waals surface area contributed by atoms with Crippen LogP contribution in [0.4, 0.5) is 5.69 Å². The first-order chi connectivity index (χ1) is 11.5. The number of aromatic amines is 1. The minimum Gasteiger partial charge on any atom is -0.343 e. The Kier molecular flexibility index (Phi) is 4.69. The first-order valence-corrected chi connectivity index (χ1v) is 7.75. The maximum atomic E-state index is 12.1. The molecule has 24 heavy (non-hydrogen) atoms. The van der Waals surface area contributed by atoms with Gasteiger partial charge in [-0.1, -0.05) is 35.3 Å². The molecule has 0 spiro atoms. The molecule has 0 aliphatic rings. The zero-order valence-electron chi connectivity index (χ0n) is 12.3. The van der Waals surface area contributed by atoms with Gasteiger partial charge in [0.05, 0.1) is 34.5 Å². The summed E-state index contributed by atoms with van der Waals surface area (Å²) < 4.78 is 0. The fraction of sp³-hybridized carbons (Fsp3) is 0.0625. The van der Waals surface area contributed by atoms with Crippen LogP contribution in [0.2, 0.25) is 10.0 Å². The van der Waals surface area contributed by atoms with Crippen LogP contribution in [0.15, 0.2) is 42.6 Å². The molecule has 0 aliphatic carbocycles. The summed E-state index contributed by atoms with van der Waals surface area (Å²) in [4.78, 5) is 24.1. The summed E-state index contributed by atoms with van der Waals surface area (Å²) in [7, 11) is 0. The Balaban J connectivity index is 1.63. The van der Waals surface area contributed by atoms with E-state index in [-0.39, 0.29) is 23.0 Å². The highest BCUT2D eigenvalue weighted by Crippen LogP contribution is 2.21. The molecule has 0 aliphatic heterocycles. The van der Waals surface area contributed by atoms with Crippen molar-refractivity contribution < 1.29 is 9.59 Å². The third-order valence-electron chi connectivity index (χ3n) is 3.34. The van der Waals surface area contributed by atoms with Gasteiger partial charge in [0.2, 0.25) is 5.91 Å². The topological polar surface area (TPSA) is 86.9 Å². The number of amides is 2. The zero-order valence-corrected chi connectivity index (χ0v) is 13.8. The summed E-state index contributed by atoms with van der Waals surface area (Å²) in [5.41, 5.74) is 1.57. The average molecular weight is 363 g/mol. The van der Waals surface area contributed by atoms with Crippen LogP contribution in [0.5, 0.6) is 0 Å². The molecule has 0 bridgehead atoms. The lowest BCUT2D eigenvalue weighted by Crippen LogP contribution is -2.33. The third kappa shape index (κ3) is 3.50. The number of benzene rings is 2. The summed E-state index contributed by atoms with van der Waals surface area (Å²) in [6.45, 7) is -0.192. The molecule has 3 rings (SSSR count). The van der Waals surface area contributed by atoms with Crippen molar-refractivity contribution in [1.29, 1.82) is 0 Å². The van der Waals surface area contributed by atoms with Gasteiger partial charge in [-0.05, 0) is 24.3 Å². The number of carbonyl (C=O) groups is 2. The van der Waals surface area contributed by atoms with Crippen molar-refractivity contribution in [3.8, 4) is 0 Å². The second kappa shape index (κ2) is 6.90. The second-order valence-corrected chi connectivity index (χ2v) is 5.84. The predicted molar refractivity (Wildman–Crippen MR) is 93.5 cm³/mol. The Morgan fingerprint density at radius 1 is 1.17 bits per heavy atom. The molecular formula is C16H12Cl2N4O2. The molecule has 122 valence electrons. The van der Waals surface area contributed by atoms with Crippen molar-refractivity contribution in [2.45, 2.75) is 0 Å². The molecular weight excluding hydrogens is 351 g/mol. The van der Waals surface area contributed by atoms with Crippen LogP contribution in [0, 0.1) is 0 Å². The van der Waals surface area contributed by atoms with Gasteiger partial charge in [-0.15, -0.1) is 0 Å². The molecule has 8 heteroatoms. The van der Waals surface area contributed by atoms with Gasteiger partial charge in [-0.2, -0.15) is 5.10 Å². The van der Waals surface area contributed by atoms with Gasteiger partial charge < -0.3 is 10.6 Å². The van der Waals surface area contributed by atoms with Crippen LogP contribution in [-0.2, 0) is 4.79 Å². The summed E-state index contributed by atoms with van der Waals surface area (Å²) >= 11 is 11.8. The normalized spacial score (nSPS) is 10.6. The third-order valence-corrected chi connectivity index (χ3v) is 3.88. The van der Waals surface area contributed by atoms with E-state index < -0.39 is 5.91 Å². The van der Waals surface area contributed by atoms with E-state index in [0.717, 1.165) is 10.9 Å². The smallest absolute Gasteiger partial charge is 0.253 e. The van der Waals surface area contributed by atoms with E-state index in [1.165, 1.54) is 12.1 Å². The number of H-pyrrole nitrogens is 1. The van der Waals surface area contributed by atoms with E-state index in [0.29, 0.717) is 10.7 Å². The lowest BCUT2D eigenvalue weighted by atomic mass is 10.2. The first-order valence-electron chi connectivity index (χ1n) is 7.00. The number of hydrogen-bond donors (Lipinski definition) is 3. The molecule has 0 unspecified atom stereocenters. The SMILES string of the molecule is O=C(CNC(=O)c1ccc(Cl)cc1Cl)Nc1cccc2cn[nH]c12. The highest BCUT2D eigenvalue weighted by molar-refractivity contribution is 6.36. The van der Waals surface area contributed by atoms with E-state index in [2.05, 4.69) is 20.8 Å². The number of rotatable bonds is 4. The fourth-order valence-electron chi connectivity index (χ4n) is 2.20. The fourth-order valence-corrected chi connectivity index (χ4v) is 2.69. The van der Waals surface area contributed by atoms with Crippen molar-refractivity contribution in [2.24, 2.45) is 0 Å². The Morgan fingerprint density at radius 2 is 2.00 bits per heavy atom. The van der Waals surface area contributed by atoms with E-state index in [4.69, 9.17) is 23.2 Å². The minimum absolute atomic E-state index is 0.192. The Hall–Kier alpha value is -2.57. The van der Waals surface area contributed by atoms with Gasteiger partial charge in [0.15, 0.2) is 0 Å². The van der Waals surface area contributed by atoms with Gasteiger partial charge in [-0.3, -0.25) is 14.7 Å². The van der Waals surface area contributed by atoms with Crippen molar-refractivity contribution in [1.82, 2.24) is 15.5 Å². The molecule has 0 saturated heterocycles. The lowest BCUT2D eigenvalue weighted by molar-refractivity contribution is -0.115. The molecule has 0 atom stereocenters. The zero-order chi connectivity index (χ0) is 17.1. The van der Waals surface area contributed by atoms with Gasteiger partial charge in [0.25, 0.3) is 5.91 Å². The van der Waals surface area contributed by atoms with Crippen molar-refractivity contribution in [3.63, 3.8) is 0 Å². The Morgan fingerprint density at radius 3 is 2.79 bits per heavy atom. The van der Waals surface area contributed by atoms with E-state index in [1.807, 2.05) is 6.07 Å². The van der Waals surface area contributed by atoms with E-state index >= 15 is 0 Å². The Bertz CT molecular complexity index is 923. The summed E-state index contributed by atoms with van der Waals surface area (Å²) in [6, 6.07) is 9.95. The van der Waals surface area contributed by atoms with Crippen LogP contribution in [0.1, 0.15) is 10.4 Å². The van der Waals surface area contributed by atoms with Crippen LogP contribution < -0.4 is 10.6 Å². The van der Waals surface area contributed by atoms with E-state index in [1.54, 1.807) is 24.4 Å². The highest BCUT2D eigenvalue weighted by atomic mass is 35.5. The van der Waals surface area contributed by atoms with Gasteiger partial charge in [0.1, 0.15) is 0 Å². The number of para-hydroxylation sites is 1. The second-order valence-electron chi connectivity index (χ2n) is 4.99. The average Bonchev–Trinajstić information content (AvgIpc) is 3.02. The molecule has 6 nitrogen and oxygen atoms in total. The van der Waals surface area contributed by atoms with Gasteiger partial charge in [0, 0.05) is 10.4 Å². The number of aromatic nitrogens is 2. The standard InChI is InChI=1S/C16H12Cl2N4O2/c17-10-4-5-11(12(18)6-10)16(24)19-8-14(23)21-13-3-1-2-9-7-20-22-15(9)13/h1-7H,8H2,(H,19,24)(H,20,22)(H,21,23). The molecule has 1 heterocycles. The number of anilines is 1. The molecule has 2 aromatic carbocycles. The number of nitrogens with one attached hydrogen (secondary N) is 3. The molecule has 0 fully saturated rings. The number of hydrogen-bond acceptors (Lipinski definition) is 3. The first kappa shape index (κ1) is 16.3. The lowest BCUT2D eigenvalue weighted by Gasteiger charge is -2.08. The van der Waals surface area contributed by atoms with E-state index in [9.17, 15) is 9.59 Å². The monoisotopic (exact) mass is 362 g/mol. The number of nitrogens with zero attached hydrogens (tertiary/aromatic N) is 1. The summed E-state index contributed by atoms with van der Waals surface area (Å²) in [5, 5.41) is 13.5. The number of fused-ring (bicyclic) bond motifs is 1.